The SMILES string of the molecule is CC(C)=[N+]=[C-]c1ccccc1. The van der Waals surface area contributed by atoms with Crippen LogP contribution in [0.15, 0.2) is 30.3 Å². The maximum absolute atomic E-state index is 4.06. The van der Waals surface area contributed by atoms with E-state index in [1.807, 2.05) is 44.2 Å². The lowest BCUT2D eigenvalue weighted by molar-refractivity contribution is 1.55. The molecule has 0 heterocycles. The minimum Gasteiger partial charge on any atom is -0.189 e. The largest absolute Gasteiger partial charge is 0.290 e. The van der Waals surface area contributed by atoms with Gasteiger partial charge in [-0.1, -0.05) is 11.6 Å². The van der Waals surface area contributed by atoms with Gasteiger partial charge in [0.2, 0.25) is 5.71 Å². The van der Waals surface area contributed by atoms with E-state index in [2.05, 4.69) is 10.9 Å². The van der Waals surface area contributed by atoms with E-state index in [-0.39, 0.29) is 0 Å². The van der Waals surface area contributed by atoms with E-state index < -0.39 is 0 Å². The second-order valence-electron chi connectivity index (χ2n) is 2.54. The van der Waals surface area contributed by atoms with Crippen LogP contribution >= 0.6 is 0 Å². The van der Waals surface area contributed by atoms with Crippen LogP contribution in [-0.4, -0.2) is 11.9 Å². The zero-order valence-corrected chi connectivity index (χ0v) is 6.83. The number of benzene rings is 1. The highest BCUT2D eigenvalue weighted by Crippen LogP contribution is 1.91. The third kappa shape index (κ3) is 2.83. The van der Waals surface area contributed by atoms with Crippen LogP contribution in [0.5, 0.6) is 0 Å². The molecule has 0 aromatic heterocycles. The Balaban J connectivity index is 2.89. The van der Waals surface area contributed by atoms with Crippen LogP contribution in [-0.2, 0) is 0 Å². The minimum atomic E-state index is 1.02. The van der Waals surface area contributed by atoms with Crippen molar-refractivity contribution in [3.05, 3.63) is 35.9 Å². The third-order valence-electron chi connectivity index (χ3n) is 1.18. The topological polar surface area (TPSA) is 14.1 Å². The Kier molecular flexibility index (Phi) is 2.65. The summed E-state index contributed by atoms with van der Waals surface area (Å²) in [6.07, 6.45) is 2.93. The van der Waals surface area contributed by atoms with Crippen LogP contribution < -0.4 is 4.67 Å². The fraction of sp³-hybridized carbons (Fsp3) is 0.200. The Morgan fingerprint density at radius 3 is 2.36 bits per heavy atom. The van der Waals surface area contributed by atoms with Crippen LogP contribution in [0.4, 0.5) is 0 Å². The summed E-state index contributed by atoms with van der Waals surface area (Å²) in [7, 11) is 0. The van der Waals surface area contributed by atoms with Crippen LogP contribution in [0.2, 0.25) is 0 Å². The fourth-order valence-corrected chi connectivity index (χ4v) is 0.689. The van der Waals surface area contributed by atoms with Crippen LogP contribution in [0.1, 0.15) is 19.4 Å². The molecule has 0 aliphatic heterocycles. The van der Waals surface area contributed by atoms with Crippen molar-refractivity contribution < 1.29 is 0 Å². The Morgan fingerprint density at radius 2 is 1.82 bits per heavy atom. The highest BCUT2D eigenvalue weighted by atomic mass is 14.5. The number of rotatable bonds is 1. The molecule has 0 unspecified atom stereocenters. The molecule has 0 N–H and O–H groups in total. The molecule has 0 spiro atoms. The summed E-state index contributed by atoms with van der Waals surface area (Å²) in [6, 6.07) is 9.89. The molecule has 56 valence electrons. The van der Waals surface area contributed by atoms with E-state index >= 15 is 0 Å². The molecule has 0 saturated carbocycles. The molecule has 1 rings (SSSR count). The monoisotopic (exact) mass is 145 g/mol. The van der Waals surface area contributed by atoms with E-state index in [0.717, 1.165) is 11.3 Å². The molecule has 1 nitrogen and oxygen atoms in total. The summed E-state index contributed by atoms with van der Waals surface area (Å²) in [6.45, 7) is 3.91. The normalized spacial score (nSPS) is 8.55. The molecular formula is C10H11N. The maximum Gasteiger partial charge on any atom is 0.290 e. The standard InChI is InChI=1S/C10H11N/c1-9(2)11-8-10-6-4-3-5-7-10/h3-7H,1-2H3. The quantitative estimate of drug-likeness (QED) is 0.323. The summed E-state index contributed by atoms with van der Waals surface area (Å²) in [5, 5.41) is 0. The predicted octanol–water partition coefficient (Wildman–Crippen LogP) is 1.53. The van der Waals surface area contributed by atoms with Gasteiger partial charge in [0.05, 0.1) is 0 Å². The van der Waals surface area contributed by atoms with Crippen molar-refractivity contribution >= 4 is 11.9 Å². The van der Waals surface area contributed by atoms with Crippen LogP contribution in [0.25, 0.3) is 0 Å². The van der Waals surface area contributed by atoms with Crippen LogP contribution in [0.3, 0.4) is 0 Å². The van der Waals surface area contributed by atoms with Gasteiger partial charge in [-0.3, -0.25) is 0 Å². The first-order valence-corrected chi connectivity index (χ1v) is 3.61. The molecule has 0 aliphatic rings. The van der Waals surface area contributed by atoms with Gasteiger partial charge < -0.3 is 0 Å². The van der Waals surface area contributed by atoms with E-state index in [1.165, 1.54) is 0 Å². The van der Waals surface area contributed by atoms with Crippen molar-refractivity contribution in [1.82, 2.24) is 4.67 Å². The average molecular weight is 145 g/mol. The van der Waals surface area contributed by atoms with Gasteiger partial charge in [-0.15, -0.1) is 24.3 Å². The first-order chi connectivity index (χ1) is 5.29. The van der Waals surface area contributed by atoms with Crippen molar-refractivity contribution in [1.29, 1.82) is 0 Å². The Bertz CT molecular complexity index is 275. The zero-order valence-electron chi connectivity index (χ0n) is 6.83. The molecule has 1 aromatic carbocycles. The van der Waals surface area contributed by atoms with E-state index in [9.17, 15) is 0 Å². The van der Waals surface area contributed by atoms with Gasteiger partial charge in [0, 0.05) is 0 Å². The molecular weight excluding hydrogens is 134 g/mol. The smallest absolute Gasteiger partial charge is 0.189 e. The predicted molar refractivity (Wildman–Crippen MR) is 49.0 cm³/mol. The summed E-state index contributed by atoms with van der Waals surface area (Å²) in [4.78, 5) is 0. The lowest BCUT2D eigenvalue weighted by Crippen LogP contribution is -1.90. The van der Waals surface area contributed by atoms with E-state index in [0.29, 0.717) is 0 Å². The first-order valence-electron chi connectivity index (χ1n) is 3.61. The average Bonchev–Trinajstić information content (AvgIpc) is 2.03. The van der Waals surface area contributed by atoms with Crippen molar-refractivity contribution in [2.24, 2.45) is 0 Å². The molecule has 0 radical (unpaired) electrons. The van der Waals surface area contributed by atoms with E-state index in [1.54, 1.807) is 0 Å². The van der Waals surface area contributed by atoms with Crippen LogP contribution in [0, 0.1) is 0 Å². The van der Waals surface area contributed by atoms with Crippen molar-refractivity contribution in [3.8, 4) is 0 Å². The zero-order chi connectivity index (χ0) is 8.10. The van der Waals surface area contributed by atoms with Gasteiger partial charge in [0.25, 0.3) is 6.21 Å². The Morgan fingerprint density at radius 1 is 1.18 bits per heavy atom. The second kappa shape index (κ2) is 3.75. The van der Waals surface area contributed by atoms with Crippen molar-refractivity contribution in [3.63, 3.8) is 0 Å². The van der Waals surface area contributed by atoms with Gasteiger partial charge in [-0.25, -0.2) is 0 Å². The fourth-order valence-electron chi connectivity index (χ4n) is 0.689. The molecule has 0 atom stereocenters. The number of nitrogens with zero attached hydrogens (tertiary/aromatic N) is 1. The molecule has 0 aliphatic carbocycles. The Hall–Kier alpha value is -1.33. The molecule has 0 bridgehead atoms. The Labute approximate surface area is 67.1 Å². The summed E-state index contributed by atoms with van der Waals surface area (Å²) in [5.41, 5.74) is 2.04. The van der Waals surface area contributed by atoms with Gasteiger partial charge in [-0.2, -0.15) is 4.67 Å². The molecule has 1 aromatic rings. The van der Waals surface area contributed by atoms with Gasteiger partial charge >= 0.3 is 0 Å². The van der Waals surface area contributed by atoms with Gasteiger partial charge in [-0.05, 0) is 13.8 Å². The second-order valence-corrected chi connectivity index (χ2v) is 2.54. The molecule has 0 amide bonds. The van der Waals surface area contributed by atoms with Gasteiger partial charge in [0.15, 0.2) is 0 Å². The number of hydrogen-bond donors (Lipinski definition) is 0. The minimum absolute atomic E-state index is 1.02. The highest BCUT2D eigenvalue weighted by molar-refractivity contribution is 5.86. The summed E-state index contributed by atoms with van der Waals surface area (Å²) >= 11 is 0. The lowest BCUT2D eigenvalue weighted by atomic mass is 10.2. The van der Waals surface area contributed by atoms with E-state index in [4.69, 9.17) is 0 Å². The molecule has 0 fully saturated rings. The maximum atomic E-state index is 4.06. The molecule has 0 saturated heterocycles. The highest BCUT2D eigenvalue weighted by Gasteiger charge is 1.83. The molecule has 11 heavy (non-hydrogen) atoms. The lowest BCUT2D eigenvalue weighted by Gasteiger charge is -1.87. The summed E-state index contributed by atoms with van der Waals surface area (Å²) in [5.74, 6) is 0. The van der Waals surface area contributed by atoms with Crippen molar-refractivity contribution in [2.75, 3.05) is 0 Å². The van der Waals surface area contributed by atoms with Crippen molar-refractivity contribution in [2.45, 2.75) is 13.8 Å². The summed E-state index contributed by atoms with van der Waals surface area (Å²) < 4.78 is 4.06. The number of hydrogen-bond acceptors (Lipinski definition) is 0. The third-order valence-corrected chi connectivity index (χ3v) is 1.18. The first kappa shape index (κ1) is 7.77. The molecule has 1 heteroatoms. The van der Waals surface area contributed by atoms with Gasteiger partial charge in [0.1, 0.15) is 0 Å².